The van der Waals surface area contributed by atoms with Gasteiger partial charge in [-0.15, -0.1) is 12.4 Å². The summed E-state index contributed by atoms with van der Waals surface area (Å²) in [4.78, 5) is 4.03. The van der Waals surface area contributed by atoms with Crippen LogP contribution in [0.4, 0.5) is 0 Å². The largest absolute Gasteiger partial charge is 0.423 e. The Labute approximate surface area is 168 Å². The van der Waals surface area contributed by atoms with Crippen molar-refractivity contribution in [2.75, 3.05) is 0 Å². The first kappa shape index (κ1) is 19.5. The highest BCUT2D eigenvalue weighted by Crippen LogP contribution is 2.22. The standard InChI is InChI=1S/C20H18N6O.ClH/c1-2-6-18(7-3-1)26-20(23-24-25-26)27-19-8-4-5-17(13-19)15-22-14-16-9-11-21-12-10-16;/h1-13,22H,14-15H2;1H. The molecule has 7 nitrogen and oxygen atoms in total. The van der Waals surface area contributed by atoms with E-state index in [-0.39, 0.29) is 12.4 Å². The summed E-state index contributed by atoms with van der Waals surface area (Å²) in [5.41, 5.74) is 3.15. The number of rotatable bonds is 7. The van der Waals surface area contributed by atoms with Gasteiger partial charge < -0.3 is 10.1 Å². The van der Waals surface area contributed by atoms with Crippen LogP contribution in [0.25, 0.3) is 5.69 Å². The summed E-state index contributed by atoms with van der Waals surface area (Å²) in [5.74, 6) is 0.685. The fourth-order valence-electron chi connectivity index (χ4n) is 2.65. The topological polar surface area (TPSA) is 77.8 Å². The Bertz CT molecular complexity index is 994. The molecular weight excluding hydrogens is 376 g/mol. The van der Waals surface area contributed by atoms with E-state index in [0.717, 1.165) is 24.3 Å². The normalized spacial score (nSPS) is 10.3. The van der Waals surface area contributed by atoms with E-state index in [4.69, 9.17) is 4.74 Å². The summed E-state index contributed by atoms with van der Waals surface area (Å²) in [6, 6.07) is 21.8. The zero-order valence-electron chi connectivity index (χ0n) is 15.0. The highest BCUT2D eigenvalue weighted by Gasteiger charge is 2.10. The van der Waals surface area contributed by atoms with Crippen molar-refractivity contribution in [3.63, 3.8) is 0 Å². The highest BCUT2D eigenvalue weighted by atomic mass is 35.5. The van der Waals surface area contributed by atoms with E-state index in [1.54, 1.807) is 17.1 Å². The number of para-hydroxylation sites is 1. The molecule has 0 amide bonds. The van der Waals surface area contributed by atoms with E-state index in [1.807, 2.05) is 66.7 Å². The zero-order valence-corrected chi connectivity index (χ0v) is 15.8. The fraction of sp³-hybridized carbons (Fsp3) is 0.100. The molecule has 2 aromatic heterocycles. The van der Waals surface area contributed by atoms with E-state index < -0.39 is 0 Å². The van der Waals surface area contributed by atoms with E-state index >= 15 is 0 Å². The number of aromatic nitrogens is 5. The number of nitrogens with zero attached hydrogens (tertiary/aromatic N) is 5. The molecule has 2 heterocycles. The molecule has 4 rings (SSSR count). The lowest BCUT2D eigenvalue weighted by Gasteiger charge is -2.09. The molecule has 0 aliphatic heterocycles. The van der Waals surface area contributed by atoms with Crippen LogP contribution in [0.3, 0.4) is 0 Å². The number of ether oxygens (including phenoxy) is 1. The van der Waals surface area contributed by atoms with Crippen molar-refractivity contribution in [3.8, 4) is 17.4 Å². The van der Waals surface area contributed by atoms with Crippen LogP contribution < -0.4 is 10.1 Å². The van der Waals surface area contributed by atoms with Gasteiger partial charge in [-0.3, -0.25) is 4.98 Å². The molecule has 0 spiro atoms. The number of benzene rings is 2. The molecule has 0 bridgehead atoms. The van der Waals surface area contributed by atoms with Crippen LogP contribution in [0.5, 0.6) is 11.8 Å². The first-order chi connectivity index (χ1) is 13.4. The zero-order chi connectivity index (χ0) is 18.3. The molecule has 0 atom stereocenters. The molecule has 8 heteroatoms. The lowest BCUT2D eigenvalue weighted by molar-refractivity contribution is 0.426. The lowest BCUT2D eigenvalue weighted by Crippen LogP contribution is -2.12. The van der Waals surface area contributed by atoms with Crippen molar-refractivity contribution in [1.82, 2.24) is 30.5 Å². The van der Waals surface area contributed by atoms with Gasteiger partial charge in [-0.1, -0.05) is 35.4 Å². The van der Waals surface area contributed by atoms with Crippen LogP contribution in [0.2, 0.25) is 0 Å². The van der Waals surface area contributed by atoms with Gasteiger partial charge in [-0.25, -0.2) is 0 Å². The molecule has 0 unspecified atom stereocenters. The summed E-state index contributed by atoms with van der Waals surface area (Å²) in [6.45, 7) is 1.50. The summed E-state index contributed by atoms with van der Waals surface area (Å²) in [6.07, 6.45) is 3.59. The van der Waals surface area contributed by atoms with Gasteiger partial charge >= 0.3 is 6.01 Å². The van der Waals surface area contributed by atoms with Crippen molar-refractivity contribution in [2.45, 2.75) is 13.1 Å². The van der Waals surface area contributed by atoms with Crippen LogP contribution in [0, 0.1) is 0 Å². The molecule has 0 aliphatic rings. The monoisotopic (exact) mass is 394 g/mol. The second-order valence-electron chi connectivity index (χ2n) is 5.92. The lowest BCUT2D eigenvalue weighted by atomic mass is 10.2. The molecular formula is C20H19ClN6O. The minimum Gasteiger partial charge on any atom is -0.423 e. The van der Waals surface area contributed by atoms with Gasteiger partial charge in [0.1, 0.15) is 5.75 Å². The first-order valence-electron chi connectivity index (χ1n) is 8.59. The number of halogens is 1. The molecule has 142 valence electrons. The third kappa shape index (κ3) is 4.91. The van der Waals surface area contributed by atoms with Gasteiger partial charge in [-0.05, 0) is 58.0 Å². The van der Waals surface area contributed by atoms with E-state index in [2.05, 4.69) is 25.8 Å². The third-order valence-electron chi connectivity index (χ3n) is 3.96. The van der Waals surface area contributed by atoms with Gasteiger partial charge in [0.05, 0.1) is 5.69 Å². The van der Waals surface area contributed by atoms with E-state index in [1.165, 1.54) is 5.56 Å². The van der Waals surface area contributed by atoms with Gasteiger partial charge in [0.15, 0.2) is 0 Å². The molecule has 2 aromatic carbocycles. The quantitative estimate of drug-likeness (QED) is 0.516. The van der Waals surface area contributed by atoms with Gasteiger partial charge in [-0.2, -0.15) is 4.68 Å². The maximum absolute atomic E-state index is 5.90. The SMILES string of the molecule is Cl.c1ccc(-n2nnnc2Oc2cccc(CNCc3ccncc3)c2)cc1. The molecule has 28 heavy (non-hydrogen) atoms. The van der Waals surface area contributed by atoms with Crippen molar-refractivity contribution in [1.29, 1.82) is 0 Å². The molecule has 0 fully saturated rings. The maximum Gasteiger partial charge on any atom is 0.345 e. The first-order valence-corrected chi connectivity index (χ1v) is 8.59. The van der Waals surface area contributed by atoms with Crippen LogP contribution in [0.15, 0.2) is 79.1 Å². The average molecular weight is 395 g/mol. The molecule has 1 N–H and O–H groups in total. The fourth-order valence-corrected chi connectivity index (χ4v) is 2.65. The van der Waals surface area contributed by atoms with Crippen molar-refractivity contribution < 1.29 is 4.74 Å². The molecule has 4 aromatic rings. The second-order valence-corrected chi connectivity index (χ2v) is 5.92. The van der Waals surface area contributed by atoms with E-state index in [9.17, 15) is 0 Å². The van der Waals surface area contributed by atoms with Gasteiger partial charge in [0, 0.05) is 25.5 Å². The Morgan fingerprint density at radius 3 is 2.46 bits per heavy atom. The smallest absolute Gasteiger partial charge is 0.345 e. The minimum absolute atomic E-state index is 0. The molecule has 0 radical (unpaired) electrons. The Kier molecular flexibility index (Phi) is 6.67. The van der Waals surface area contributed by atoms with Crippen molar-refractivity contribution in [3.05, 3.63) is 90.3 Å². The number of hydrogen-bond acceptors (Lipinski definition) is 6. The Morgan fingerprint density at radius 1 is 0.857 bits per heavy atom. The Morgan fingerprint density at radius 2 is 1.64 bits per heavy atom. The Balaban J connectivity index is 0.00000225. The number of nitrogens with one attached hydrogen (secondary N) is 1. The van der Waals surface area contributed by atoms with Crippen LogP contribution >= 0.6 is 12.4 Å². The summed E-state index contributed by atoms with van der Waals surface area (Å²) in [7, 11) is 0. The predicted molar refractivity (Wildman–Crippen MR) is 108 cm³/mol. The third-order valence-corrected chi connectivity index (χ3v) is 3.96. The molecule has 0 saturated carbocycles. The Hall–Kier alpha value is -3.29. The number of tetrazole rings is 1. The van der Waals surface area contributed by atoms with E-state index in [0.29, 0.717) is 11.8 Å². The maximum atomic E-state index is 5.90. The van der Waals surface area contributed by atoms with Crippen molar-refractivity contribution in [2.24, 2.45) is 0 Å². The van der Waals surface area contributed by atoms with Crippen LogP contribution in [0.1, 0.15) is 11.1 Å². The van der Waals surface area contributed by atoms with Crippen LogP contribution in [-0.2, 0) is 13.1 Å². The van der Waals surface area contributed by atoms with Gasteiger partial charge in [0.2, 0.25) is 0 Å². The highest BCUT2D eigenvalue weighted by molar-refractivity contribution is 5.85. The minimum atomic E-state index is 0. The summed E-state index contributed by atoms with van der Waals surface area (Å²) >= 11 is 0. The van der Waals surface area contributed by atoms with Gasteiger partial charge in [0.25, 0.3) is 0 Å². The predicted octanol–water partition coefficient (Wildman–Crippen LogP) is 3.56. The van der Waals surface area contributed by atoms with Crippen LogP contribution in [-0.4, -0.2) is 25.2 Å². The summed E-state index contributed by atoms with van der Waals surface area (Å²) in [5, 5.41) is 15.1. The average Bonchev–Trinajstić information content (AvgIpc) is 3.18. The molecule has 0 saturated heterocycles. The molecule has 0 aliphatic carbocycles. The summed E-state index contributed by atoms with van der Waals surface area (Å²) < 4.78 is 7.46. The number of pyridine rings is 1. The second kappa shape index (κ2) is 9.59. The van der Waals surface area contributed by atoms with Crippen molar-refractivity contribution >= 4 is 12.4 Å². The number of hydrogen-bond donors (Lipinski definition) is 1.